The summed E-state index contributed by atoms with van der Waals surface area (Å²) in [5.74, 6) is -17.8. The molecule has 0 spiro atoms. The predicted octanol–water partition coefficient (Wildman–Crippen LogP) is 3.45. The zero-order chi connectivity index (χ0) is 21.5. The number of rotatable bonds is 7. The fraction of sp³-hybridized carbons (Fsp3) is 0.417. The molecule has 1 aromatic rings. The first-order valence-electron chi connectivity index (χ1n) is 6.32. The molecule has 1 aromatic carbocycles. The van der Waals surface area contributed by atoms with E-state index in [-0.39, 0.29) is 0 Å². The third-order valence-corrected chi connectivity index (χ3v) is 4.23. The van der Waals surface area contributed by atoms with Crippen LogP contribution in [0.25, 0.3) is 0 Å². The van der Waals surface area contributed by atoms with Crippen molar-refractivity contribution >= 4 is 16.1 Å². The minimum Gasteiger partial charge on any atom is -0.481 e. The molecular weight excluding hydrogens is 427 g/mol. The highest BCUT2D eigenvalue weighted by Crippen LogP contribution is 2.55. The Hall–Kier alpha value is -2.19. The quantitative estimate of drug-likeness (QED) is 0.526. The van der Waals surface area contributed by atoms with Gasteiger partial charge < -0.3 is 9.29 Å². The Bertz CT molecular complexity index is 817. The van der Waals surface area contributed by atoms with Crippen LogP contribution in [0.2, 0.25) is 0 Å². The minimum atomic E-state index is -7.45. The van der Waals surface area contributed by atoms with Crippen molar-refractivity contribution in [2.24, 2.45) is 0 Å². The third-order valence-electron chi connectivity index (χ3n) is 2.94. The Morgan fingerprint density at radius 2 is 1.41 bits per heavy atom. The molecule has 0 aliphatic rings. The first kappa shape index (κ1) is 22.9. The van der Waals surface area contributed by atoms with E-state index < -0.39 is 57.1 Å². The van der Waals surface area contributed by atoms with Crippen LogP contribution in [-0.4, -0.2) is 42.8 Å². The molecule has 15 heteroatoms. The van der Waals surface area contributed by atoms with Crippen LogP contribution < -0.4 is 4.18 Å². The van der Waals surface area contributed by atoms with Gasteiger partial charge in [-0.25, -0.2) is 0 Å². The van der Waals surface area contributed by atoms with Gasteiger partial charge in [-0.05, 0) is 6.07 Å². The van der Waals surface area contributed by atoms with E-state index in [1.165, 1.54) is 0 Å². The van der Waals surface area contributed by atoms with Gasteiger partial charge >= 0.3 is 39.4 Å². The summed E-state index contributed by atoms with van der Waals surface area (Å²) in [6.07, 6.45) is -8.27. The van der Waals surface area contributed by atoms with E-state index >= 15 is 0 Å². The number of carboxylic acids is 1. The van der Waals surface area contributed by atoms with Gasteiger partial charge in [-0.2, -0.15) is 47.9 Å². The van der Waals surface area contributed by atoms with Gasteiger partial charge in [-0.15, -0.1) is 0 Å². The zero-order valence-corrected chi connectivity index (χ0v) is 13.2. The Morgan fingerprint density at radius 3 is 1.85 bits per heavy atom. The molecule has 0 aromatic heterocycles. The van der Waals surface area contributed by atoms with Crippen LogP contribution in [0.5, 0.6) is 5.75 Å². The first-order chi connectivity index (χ1) is 11.9. The minimum absolute atomic E-state index is 0.506. The van der Waals surface area contributed by atoms with Gasteiger partial charge in [0.15, 0.2) is 0 Å². The van der Waals surface area contributed by atoms with Crippen molar-refractivity contribution in [2.75, 3.05) is 0 Å². The topological polar surface area (TPSA) is 80.7 Å². The molecule has 0 amide bonds. The largest absolute Gasteiger partial charge is 0.481 e. The molecule has 5 nitrogen and oxygen atoms in total. The van der Waals surface area contributed by atoms with E-state index in [0.29, 0.717) is 6.07 Å². The van der Waals surface area contributed by atoms with Crippen LogP contribution in [0.4, 0.5) is 39.5 Å². The zero-order valence-electron chi connectivity index (χ0n) is 12.4. The lowest BCUT2D eigenvalue weighted by atomic mass is 10.1. The SMILES string of the molecule is O=C(O)Cc1ccccc1OS(=O)(=O)C(F)(F)C(F)(F)C(F)(F)C(F)(F)F. The molecule has 0 unspecified atom stereocenters. The van der Waals surface area contributed by atoms with E-state index in [0.717, 1.165) is 18.2 Å². The molecule has 27 heavy (non-hydrogen) atoms. The van der Waals surface area contributed by atoms with Gasteiger partial charge in [-0.1, -0.05) is 18.2 Å². The van der Waals surface area contributed by atoms with Gasteiger partial charge in [0.05, 0.1) is 6.42 Å². The normalized spacial score (nSPS) is 14.1. The number of carbonyl (C=O) groups is 1. The number of aliphatic carboxylic acids is 1. The van der Waals surface area contributed by atoms with Crippen molar-refractivity contribution in [3.05, 3.63) is 29.8 Å². The second-order valence-electron chi connectivity index (χ2n) is 4.88. The molecule has 0 atom stereocenters. The summed E-state index contributed by atoms with van der Waals surface area (Å²) in [6.45, 7) is 0. The van der Waals surface area contributed by atoms with E-state index in [9.17, 15) is 52.7 Å². The highest BCUT2D eigenvalue weighted by molar-refractivity contribution is 7.88. The summed E-state index contributed by atoms with van der Waals surface area (Å²) < 4.78 is 141. The maximum Gasteiger partial charge on any atom is 0.460 e. The number of para-hydroxylation sites is 1. The molecule has 0 aliphatic carbocycles. The van der Waals surface area contributed by atoms with Crippen LogP contribution in [0, 0.1) is 0 Å². The Balaban J connectivity index is 3.41. The highest BCUT2D eigenvalue weighted by Gasteiger charge is 2.86. The lowest BCUT2D eigenvalue weighted by molar-refractivity contribution is -0.382. The molecule has 0 saturated carbocycles. The number of halogens is 9. The van der Waals surface area contributed by atoms with E-state index in [1.807, 2.05) is 0 Å². The van der Waals surface area contributed by atoms with E-state index in [2.05, 4.69) is 4.18 Å². The summed E-state index contributed by atoms with van der Waals surface area (Å²) in [7, 11) is -7.13. The maximum absolute atomic E-state index is 13.5. The summed E-state index contributed by atoms with van der Waals surface area (Å²) in [6, 6.07) is 3.24. The predicted molar refractivity (Wildman–Crippen MR) is 68.2 cm³/mol. The fourth-order valence-corrected chi connectivity index (χ4v) is 2.53. The summed E-state index contributed by atoms with van der Waals surface area (Å²) in [4.78, 5) is 10.6. The maximum atomic E-state index is 13.5. The van der Waals surface area contributed by atoms with Gasteiger partial charge in [0.25, 0.3) is 0 Å². The Kier molecular flexibility index (Phi) is 5.72. The average Bonchev–Trinajstić information content (AvgIpc) is 2.46. The smallest absolute Gasteiger partial charge is 0.460 e. The third kappa shape index (κ3) is 3.91. The molecule has 0 radical (unpaired) electrons. The number of hydrogen-bond donors (Lipinski definition) is 1. The van der Waals surface area contributed by atoms with Gasteiger partial charge in [0.2, 0.25) is 0 Å². The highest BCUT2D eigenvalue weighted by atomic mass is 32.2. The van der Waals surface area contributed by atoms with Crippen molar-refractivity contribution < 1.29 is 62.0 Å². The van der Waals surface area contributed by atoms with Crippen LogP contribution in [-0.2, 0) is 21.3 Å². The van der Waals surface area contributed by atoms with Gasteiger partial charge in [0.1, 0.15) is 5.75 Å². The van der Waals surface area contributed by atoms with Crippen LogP contribution in [0.3, 0.4) is 0 Å². The van der Waals surface area contributed by atoms with Crippen molar-refractivity contribution in [1.82, 2.24) is 0 Å². The average molecular weight is 434 g/mol. The van der Waals surface area contributed by atoms with Crippen molar-refractivity contribution in [3.8, 4) is 5.75 Å². The number of benzene rings is 1. The first-order valence-corrected chi connectivity index (χ1v) is 7.73. The number of carboxylic acid groups (broad SMARTS) is 1. The van der Waals surface area contributed by atoms with Crippen molar-refractivity contribution in [1.29, 1.82) is 0 Å². The molecular formula is C12H7F9O5S. The van der Waals surface area contributed by atoms with Crippen molar-refractivity contribution in [2.45, 2.75) is 29.7 Å². The van der Waals surface area contributed by atoms with Crippen molar-refractivity contribution in [3.63, 3.8) is 0 Å². The lowest BCUT2D eigenvalue weighted by Gasteiger charge is -2.32. The molecule has 0 aliphatic heterocycles. The number of hydrogen-bond acceptors (Lipinski definition) is 4. The second-order valence-corrected chi connectivity index (χ2v) is 6.47. The fourth-order valence-electron chi connectivity index (χ4n) is 1.58. The molecule has 1 N–H and O–H groups in total. The van der Waals surface area contributed by atoms with Gasteiger partial charge in [0, 0.05) is 5.56 Å². The Labute approximate surface area is 144 Å². The van der Waals surface area contributed by atoms with Crippen LogP contribution >= 0.6 is 0 Å². The molecule has 1 rings (SSSR count). The summed E-state index contributed by atoms with van der Waals surface area (Å²) in [5, 5.41) is 1.55. The summed E-state index contributed by atoms with van der Waals surface area (Å²) in [5.41, 5.74) is -0.657. The molecule has 0 fully saturated rings. The van der Waals surface area contributed by atoms with E-state index in [4.69, 9.17) is 5.11 Å². The molecule has 0 heterocycles. The second kappa shape index (κ2) is 6.76. The lowest BCUT2D eigenvalue weighted by Crippen LogP contribution is -2.63. The van der Waals surface area contributed by atoms with Crippen LogP contribution in [0.15, 0.2) is 24.3 Å². The molecule has 0 bridgehead atoms. The summed E-state index contributed by atoms with van der Waals surface area (Å²) >= 11 is 0. The van der Waals surface area contributed by atoms with Gasteiger partial charge in [-0.3, -0.25) is 4.79 Å². The van der Waals surface area contributed by atoms with E-state index in [1.54, 1.807) is 0 Å². The monoisotopic (exact) mass is 434 g/mol. The standard InChI is InChI=1S/C12H7F9O5S/c13-9(14,11(17,18)19)10(15,16)12(20,21)27(24,25)26-7-4-2-1-3-6(7)5-8(22)23/h1-4H,5H2,(H,22,23). The number of alkyl halides is 9. The Morgan fingerprint density at radius 1 is 0.926 bits per heavy atom. The molecule has 0 saturated heterocycles. The molecule has 154 valence electrons. The van der Waals surface area contributed by atoms with Crippen LogP contribution in [0.1, 0.15) is 5.56 Å².